The number of sulfone groups is 1. The van der Waals surface area contributed by atoms with Crippen molar-refractivity contribution in [3.05, 3.63) is 95.1 Å². The Morgan fingerprint density at radius 1 is 0.943 bits per heavy atom. The van der Waals surface area contributed by atoms with Gasteiger partial charge in [-0.15, -0.1) is 0 Å². The Kier molecular flexibility index (Phi) is 5.06. The number of fused-ring (bicyclic) bond motifs is 2. The van der Waals surface area contributed by atoms with Crippen molar-refractivity contribution in [2.24, 2.45) is 0 Å². The van der Waals surface area contributed by atoms with Crippen molar-refractivity contribution in [1.82, 2.24) is 0 Å². The van der Waals surface area contributed by atoms with Crippen LogP contribution in [0.4, 0.5) is 24.5 Å². The van der Waals surface area contributed by atoms with E-state index in [-0.39, 0.29) is 23.5 Å². The van der Waals surface area contributed by atoms with Crippen molar-refractivity contribution in [1.29, 1.82) is 0 Å². The maximum absolute atomic E-state index is 14.1. The molecule has 0 saturated carbocycles. The Morgan fingerprint density at radius 2 is 1.63 bits per heavy atom. The number of amides is 2. The van der Waals surface area contributed by atoms with Gasteiger partial charge in [-0.1, -0.05) is 48.5 Å². The van der Waals surface area contributed by atoms with Crippen LogP contribution < -0.4 is 9.80 Å². The molecule has 2 aliphatic heterocycles. The molecule has 10 heteroatoms. The van der Waals surface area contributed by atoms with Crippen LogP contribution in [0.15, 0.2) is 72.8 Å². The maximum atomic E-state index is 14.1. The molecule has 0 unspecified atom stereocenters. The van der Waals surface area contributed by atoms with Crippen LogP contribution in [-0.2, 0) is 37.0 Å². The lowest BCUT2D eigenvalue weighted by Crippen LogP contribution is -2.54. The van der Waals surface area contributed by atoms with Gasteiger partial charge >= 0.3 is 6.18 Å². The zero-order valence-electron chi connectivity index (χ0n) is 18.4. The first-order valence-electron chi connectivity index (χ1n) is 10.7. The molecule has 2 amide bonds. The summed E-state index contributed by atoms with van der Waals surface area (Å²) in [4.78, 5) is 26.7. The second-order valence-corrected chi connectivity index (χ2v) is 10.6. The van der Waals surface area contributed by atoms with Gasteiger partial charge in [-0.05, 0) is 42.3 Å². The first kappa shape index (κ1) is 23.1. The molecule has 180 valence electrons. The molecule has 1 spiro atoms. The summed E-state index contributed by atoms with van der Waals surface area (Å²) in [6.07, 6.45) is -4.72. The van der Waals surface area contributed by atoms with Gasteiger partial charge in [0.05, 0.1) is 17.8 Å². The minimum Gasteiger partial charge on any atom is -0.304 e. The van der Waals surface area contributed by atoms with E-state index in [1.54, 1.807) is 24.3 Å². The molecule has 35 heavy (non-hydrogen) atoms. The Morgan fingerprint density at radius 3 is 2.34 bits per heavy atom. The average molecular weight is 500 g/mol. The zero-order valence-corrected chi connectivity index (χ0v) is 19.2. The monoisotopic (exact) mass is 500 g/mol. The molecule has 3 aromatic rings. The second kappa shape index (κ2) is 7.67. The van der Waals surface area contributed by atoms with E-state index in [1.807, 2.05) is 19.1 Å². The highest BCUT2D eigenvalue weighted by Gasteiger charge is 2.69. The number of rotatable bonds is 3. The highest BCUT2D eigenvalue weighted by atomic mass is 32.2. The van der Waals surface area contributed by atoms with E-state index >= 15 is 0 Å². The molecule has 0 N–H and O–H groups in total. The predicted molar refractivity (Wildman–Crippen MR) is 123 cm³/mol. The molecule has 3 aromatic carbocycles. The number of benzene rings is 3. The van der Waals surface area contributed by atoms with Gasteiger partial charge in [-0.2, -0.15) is 13.2 Å². The molecule has 2 heterocycles. The number of halogens is 3. The van der Waals surface area contributed by atoms with Crippen LogP contribution in [0.2, 0.25) is 0 Å². The van der Waals surface area contributed by atoms with E-state index < -0.39 is 44.0 Å². The maximum Gasteiger partial charge on any atom is 0.416 e. The van der Waals surface area contributed by atoms with Crippen molar-refractivity contribution in [2.75, 3.05) is 15.6 Å². The summed E-state index contributed by atoms with van der Waals surface area (Å²) in [5, 5.41) is 0. The van der Waals surface area contributed by atoms with Crippen LogP contribution in [0.5, 0.6) is 0 Å². The third-order valence-corrected chi connectivity index (χ3v) is 8.55. The van der Waals surface area contributed by atoms with Crippen LogP contribution in [0.3, 0.4) is 0 Å². The fourth-order valence-corrected chi connectivity index (χ4v) is 6.86. The van der Waals surface area contributed by atoms with E-state index in [0.29, 0.717) is 6.07 Å². The molecule has 0 bridgehead atoms. The van der Waals surface area contributed by atoms with Crippen molar-refractivity contribution >= 4 is 33.0 Å². The summed E-state index contributed by atoms with van der Waals surface area (Å²) in [5.74, 6) is -2.86. The van der Waals surface area contributed by atoms with Gasteiger partial charge in [0.1, 0.15) is 5.75 Å². The number of nitrogens with zero attached hydrogens (tertiary/aromatic N) is 2. The Labute approximate surface area is 199 Å². The molecule has 2 aliphatic rings. The van der Waals surface area contributed by atoms with Crippen molar-refractivity contribution in [2.45, 2.75) is 24.5 Å². The normalized spacial score (nSPS) is 21.1. The minimum absolute atomic E-state index is 0.0322. The topological polar surface area (TPSA) is 74.8 Å². The van der Waals surface area contributed by atoms with Crippen LogP contribution in [0.1, 0.15) is 22.3 Å². The molecule has 5 rings (SSSR count). The van der Waals surface area contributed by atoms with Crippen LogP contribution in [0.25, 0.3) is 0 Å². The van der Waals surface area contributed by atoms with Gasteiger partial charge in [0.15, 0.2) is 9.84 Å². The Bertz CT molecular complexity index is 1490. The van der Waals surface area contributed by atoms with E-state index in [9.17, 15) is 31.2 Å². The van der Waals surface area contributed by atoms with Crippen molar-refractivity contribution in [3.63, 3.8) is 0 Å². The standard InChI is InChI=1S/C25H19F3N2O4S/c1-16-7-2-3-8-17(16)14-29-21-12-5-4-11-20(21)24(23(29)32)30(22(31)15-35(24,33)34)19-10-6-9-18(13-19)25(26,27)28/h2-13H,14-15H2,1H3/t24-/m0/s1. The first-order valence-corrected chi connectivity index (χ1v) is 12.3. The predicted octanol–water partition coefficient (Wildman–Crippen LogP) is 4.18. The van der Waals surface area contributed by atoms with E-state index in [1.165, 1.54) is 23.1 Å². The summed E-state index contributed by atoms with van der Waals surface area (Å²) >= 11 is 0. The minimum atomic E-state index is -4.72. The number of carbonyl (C=O) groups excluding carboxylic acids is 2. The summed E-state index contributed by atoms with van der Waals surface area (Å²) in [7, 11) is -4.48. The van der Waals surface area contributed by atoms with Gasteiger partial charge in [0, 0.05) is 11.3 Å². The number of para-hydroxylation sites is 1. The average Bonchev–Trinajstić information content (AvgIpc) is 3.17. The van der Waals surface area contributed by atoms with Crippen molar-refractivity contribution in [3.8, 4) is 0 Å². The lowest BCUT2D eigenvalue weighted by Gasteiger charge is -2.33. The third kappa shape index (κ3) is 3.27. The van der Waals surface area contributed by atoms with E-state index in [0.717, 1.165) is 28.2 Å². The summed E-state index contributed by atoms with van der Waals surface area (Å²) < 4.78 is 67.4. The van der Waals surface area contributed by atoms with Gasteiger partial charge in [0.2, 0.25) is 5.91 Å². The smallest absolute Gasteiger partial charge is 0.304 e. The highest BCUT2D eigenvalue weighted by molar-refractivity contribution is 7.94. The first-order chi connectivity index (χ1) is 16.5. The molecular weight excluding hydrogens is 481 g/mol. The zero-order chi connectivity index (χ0) is 25.2. The Balaban J connectivity index is 1.74. The molecule has 1 saturated heterocycles. The largest absolute Gasteiger partial charge is 0.416 e. The number of anilines is 2. The second-order valence-electron chi connectivity index (χ2n) is 8.52. The number of hydrogen-bond donors (Lipinski definition) is 0. The number of aryl methyl sites for hydroxylation is 1. The molecule has 0 radical (unpaired) electrons. The lowest BCUT2D eigenvalue weighted by atomic mass is 10.0. The van der Waals surface area contributed by atoms with Crippen LogP contribution in [-0.4, -0.2) is 26.0 Å². The Hall–Kier alpha value is -3.66. The van der Waals surface area contributed by atoms with Crippen LogP contribution >= 0.6 is 0 Å². The fraction of sp³-hybridized carbons (Fsp3) is 0.200. The molecule has 6 nitrogen and oxygen atoms in total. The third-order valence-electron chi connectivity index (χ3n) is 6.44. The van der Waals surface area contributed by atoms with E-state index in [2.05, 4.69) is 0 Å². The molecule has 0 aromatic heterocycles. The van der Waals surface area contributed by atoms with E-state index in [4.69, 9.17) is 0 Å². The van der Waals surface area contributed by atoms with Gasteiger partial charge in [0.25, 0.3) is 10.8 Å². The molecular formula is C25H19F3N2O4S. The highest BCUT2D eigenvalue weighted by Crippen LogP contribution is 2.53. The number of carbonyl (C=O) groups is 2. The summed E-state index contributed by atoms with van der Waals surface area (Å²) in [6, 6.07) is 17.2. The quantitative estimate of drug-likeness (QED) is 0.541. The summed E-state index contributed by atoms with van der Waals surface area (Å²) in [5.41, 5.74) is 0.598. The lowest BCUT2D eigenvalue weighted by molar-refractivity contribution is -0.137. The SMILES string of the molecule is Cc1ccccc1CN1C(=O)[C@@]2(c3ccccc31)N(c1cccc(C(F)(F)F)c1)C(=O)CS2(=O)=O. The molecule has 1 atom stereocenters. The number of hydrogen-bond acceptors (Lipinski definition) is 4. The van der Waals surface area contributed by atoms with Crippen LogP contribution in [0, 0.1) is 6.92 Å². The molecule has 1 fully saturated rings. The fourth-order valence-electron chi connectivity index (χ4n) is 4.83. The van der Waals surface area contributed by atoms with Gasteiger partial charge in [-0.3, -0.25) is 14.5 Å². The number of alkyl halides is 3. The van der Waals surface area contributed by atoms with Gasteiger partial charge < -0.3 is 4.90 Å². The molecule has 0 aliphatic carbocycles. The van der Waals surface area contributed by atoms with Gasteiger partial charge in [-0.25, -0.2) is 8.42 Å². The summed E-state index contributed by atoms with van der Waals surface area (Å²) in [6.45, 7) is 1.88. The van der Waals surface area contributed by atoms with Crippen molar-refractivity contribution < 1.29 is 31.2 Å².